The molecule has 0 bridgehead atoms. The number of halogens is 1. The number of rotatable bonds is 7. The Hall–Kier alpha value is -2.39. The molecule has 1 aromatic carbocycles. The van der Waals surface area contributed by atoms with Gasteiger partial charge in [0.25, 0.3) is 0 Å². The van der Waals surface area contributed by atoms with E-state index in [2.05, 4.69) is 15.2 Å². The Morgan fingerprint density at radius 1 is 1.21 bits per heavy atom. The number of carbonyl (C=O) groups excluding carboxylic acids is 2. The first kappa shape index (κ1) is 19.9. The van der Waals surface area contributed by atoms with Gasteiger partial charge in [-0.2, -0.15) is 0 Å². The van der Waals surface area contributed by atoms with E-state index < -0.39 is 0 Å². The topological polar surface area (TPSA) is 70.5 Å². The van der Waals surface area contributed by atoms with Crippen molar-refractivity contribution >= 4 is 23.6 Å². The molecule has 1 saturated heterocycles. The zero-order chi connectivity index (χ0) is 20.2. The largest absolute Gasteiger partial charge is 0.352 e. The Bertz CT molecular complexity index is 877. The molecular formula is C20H24FN5O2S. The van der Waals surface area contributed by atoms with E-state index in [0.29, 0.717) is 49.6 Å². The number of benzene rings is 1. The number of nitrogens with zero attached hydrogens (tertiary/aromatic N) is 4. The highest BCUT2D eigenvalue weighted by Crippen LogP contribution is 2.22. The van der Waals surface area contributed by atoms with Gasteiger partial charge in [-0.3, -0.25) is 19.1 Å². The summed E-state index contributed by atoms with van der Waals surface area (Å²) in [6, 6.07) is 6.66. The molecule has 1 aliphatic heterocycles. The molecule has 0 unspecified atom stereocenters. The highest BCUT2D eigenvalue weighted by atomic mass is 32.2. The van der Waals surface area contributed by atoms with Crippen molar-refractivity contribution in [2.75, 3.05) is 38.5 Å². The summed E-state index contributed by atoms with van der Waals surface area (Å²) in [5.41, 5.74) is 0.676. The molecule has 1 aromatic heterocycles. The number of hydrogen-bond donors (Lipinski definition) is 1. The number of piperazine rings is 1. The molecule has 1 N–H and O–H groups in total. The monoisotopic (exact) mass is 417 g/mol. The first-order valence-corrected chi connectivity index (χ1v) is 10.8. The van der Waals surface area contributed by atoms with Crippen LogP contribution in [0.4, 0.5) is 4.39 Å². The van der Waals surface area contributed by atoms with Crippen LogP contribution in [0.1, 0.15) is 12.8 Å². The zero-order valence-electron chi connectivity index (χ0n) is 16.1. The molecule has 2 aromatic rings. The summed E-state index contributed by atoms with van der Waals surface area (Å²) in [6.45, 7) is 3.04. The summed E-state index contributed by atoms with van der Waals surface area (Å²) >= 11 is 1.34. The van der Waals surface area contributed by atoms with Crippen LogP contribution >= 0.6 is 11.8 Å². The van der Waals surface area contributed by atoms with Gasteiger partial charge in [0.15, 0.2) is 5.16 Å². The lowest BCUT2D eigenvalue weighted by molar-refractivity contribution is -0.130. The van der Waals surface area contributed by atoms with E-state index >= 15 is 0 Å². The minimum absolute atomic E-state index is 0.0471. The highest BCUT2D eigenvalue weighted by molar-refractivity contribution is 7.99. The maximum Gasteiger partial charge on any atom is 0.234 e. The average molecular weight is 418 g/mol. The van der Waals surface area contributed by atoms with Gasteiger partial charge in [-0.15, -0.1) is 0 Å². The lowest BCUT2D eigenvalue weighted by atomic mass is 10.3. The second kappa shape index (κ2) is 8.96. The van der Waals surface area contributed by atoms with Crippen molar-refractivity contribution in [2.45, 2.75) is 24.0 Å². The number of carbonyl (C=O) groups is 2. The van der Waals surface area contributed by atoms with Gasteiger partial charge in [-0.25, -0.2) is 9.37 Å². The normalized spacial score (nSPS) is 17.3. The Morgan fingerprint density at radius 2 is 2.00 bits per heavy atom. The van der Waals surface area contributed by atoms with E-state index in [1.54, 1.807) is 29.1 Å². The third-order valence-corrected chi connectivity index (χ3v) is 6.00. The van der Waals surface area contributed by atoms with Gasteiger partial charge in [-0.1, -0.05) is 17.8 Å². The van der Waals surface area contributed by atoms with Crippen LogP contribution in [0.15, 0.2) is 41.8 Å². The molecule has 2 fully saturated rings. The van der Waals surface area contributed by atoms with Crippen LogP contribution in [0.25, 0.3) is 5.69 Å². The van der Waals surface area contributed by atoms with E-state index in [1.807, 2.05) is 4.90 Å². The fourth-order valence-electron chi connectivity index (χ4n) is 3.30. The Kier molecular flexibility index (Phi) is 6.15. The van der Waals surface area contributed by atoms with E-state index in [1.165, 1.54) is 23.9 Å². The first-order valence-electron chi connectivity index (χ1n) is 9.80. The quantitative estimate of drug-likeness (QED) is 0.692. The Balaban J connectivity index is 1.25. The van der Waals surface area contributed by atoms with Crippen LogP contribution in [0.2, 0.25) is 0 Å². The summed E-state index contributed by atoms with van der Waals surface area (Å²) in [6.07, 6.45) is 5.57. The number of hydrogen-bond acceptors (Lipinski definition) is 5. The molecule has 154 valence electrons. The number of nitrogens with one attached hydrogen (secondary N) is 1. The van der Waals surface area contributed by atoms with Crippen molar-refractivity contribution in [3.8, 4) is 5.69 Å². The third kappa shape index (κ3) is 5.36. The minimum Gasteiger partial charge on any atom is -0.352 e. The van der Waals surface area contributed by atoms with Crippen molar-refractivity contribution in [1.82, 2.24) is 24.7 Å². The van der Waals surface area contributed by atoms with Crippen molar-refractivity contribution in [1.29, 1.82) is 0 Å². The van der Waals surface area contributed by atoms with E-state index in [0.717, 1.165) is 12.8 Å². The van der Waals surface area contributed by atoms with Crippen molar-refractivity contribution in [2.24, 2.45) is 0 Å². The van der Waals surface area contributed by atoms with Gasteiger partial charge in [0.1, 0.15) is 5.82 Å². The molecule has 2 amide bonds. The number of thioether (sulfide) groups is 1. The molecule has 1 aliphatic carbocycles. The van der Waals surface area contributed by atoms with Gasteiger partial charge in [0, 0.05) is 44.6 Å². The molecule has 0 spiro atoms. The van der Waals surface area contributed by atoms with Crippen LogP contribution in [0.3, 0.4) is 0 Å². The van der Waals surface area contributed by atoms with Crippen molar-refractivity contribution in [3.05, 3.63) is 42.5 Å². The molecule has 1 saturated carbocycles. The third-order valence-electron chi connectivity index (χ3n) is 5.05. The summed E-state index contributed by atoms with van der Waals surface area (Å²) in [5.74, 6) is 0.0823. The molecule has 7 nitrogen and oxygen atoms in total. The van der Waals surface area contributed by atoms with Crippen LogP contribution < -0.4 is 5.32 Å². The average Bonchev–Trinajstić information content (AvgIpc) is 3.39. The SMILES string of the molecule is O=C(CN1CCN(C(=O)CSc2nccn2-c2cccc(F)c2)CC1)NC1CC1. The van der Waals surface area contributed by atoms with Gasteiger partial charge < -0.3 is 10.2 Å². The van der Waals surface area contributed by atoms with Crippen LogP contribution in [-0.2, 0) is 9.59 Å². The summed E-state index contributed by atoms with van der Waals surface area (Å²) in [5, 5.41) is 3.65. The standard InChI is InChI=1S/C20H24FN5O2S/c21-15-2-1-3-17(12-15)26-7-6-22-20(26)29-14-19(28)25-10-8-24(9-11-25)13-18(27)23-16-4-5-16/h1-3,6-7,12,16H,4-5,8-11,13-14H2,(H,23,27). The number of aromatic nitrogens is 2. The van der Waals surface area contributed by atoms with Gasteiger partial charge in [0.05, 0.1) is 18.0 Å². The highest BCUT2D eigenvalue weighted by Gasteiger charge is 2.26. The smallest absolute Gasteiger partial charge is 0.234 e. The fraction of sp³-hybridized carbons (Fsp3) is 0.450. The van der Waals surface area contributed by atoms with Gasteiger partial charge >= 0.3 is 0 Å². The molecule has 9 heteroatoms. The second-order valence-corrected chi connectivity index (χ2v) is 8.29. The predicted molar refractivity (Wildman–Crippen MR) is 108 cm³/mol. The van der Waals surface area contributed by atoms with E-state index in [-0.39, 0.29) is 23.4 Å². The number of imidazole rings is 1. The maximum absolute atomic E-state index is 13.5. The molecule has 0 radical (unpaired) electrons. The first-order chi connectivity index (χ1) is 14.1. The number of amides is 2. The minimum atomic E-state index is -0.313. The molecule has 29 heavy (non-hydrogen) atoms. The molecule has 0 atom stereocenters. The maximum atomic E-state index is 13.5. The van der Waals surface area contributed by atoms with Crippen molar-refractivity contribution in [3.63, 3.8) is 0 Å². The lowest BCUT2D eigenvalue weighted by Crippen LogP contribution is -2.51. The summed E-state index contributed by atoms with van der Waals surface area (Å²) in [7, 11) is 0. The fourth-order valence-corrected chi connectivity index (χ4v) is 4.17. The summed E-state index contributed by atoms with van der Waals surface area (Å²) in [4.78, 5) is 32.7. The molecule has 4 rings (SSSR count). The van der Waals surface area contributed by atoms with Crippen molar-refractivity contribution < 1.29 is 14.0 Å². The Labute approximate surface area is 173 Å². The van der Waals surface area contributed by atoms with Gasteiger partial charge in [-0.05, 0) is 31.0 Å². The van der Waals surface area contributed by atoms with Crippen LogP contribution in [-0.4, -0.2) is 75.7 Å². The van der Waals surface area contributed by atoms with Gasteiger partial charge in [0.2, 0.25) is 11.8 Å². The Morgan fingerprint density at radius 3 is 2.72 bits per heavy atom. The van der Waals surface area contributed by atoms with E-state index in [4.69, 9.17) is 0 Å². The lowest BCUT2D eigenvalue weighted by Gasteiger charge is -2.34. The molecule has 2 heterocycles. The van der Waals surface area contributed by atoms with Crippen LogP contribution in [0, 0.1) is 5.82 Å². The summed E-state index contributed by atoms with van der Waals surface area (Å²) < 4.78 is 15.3. The zero-order valence-corrected chi connectivity index (χ0v) is 16.9. The van der Waals surface area contributed by atoms with E-state index in [9.17, 15) is 14.0 Å². The molecular weight excluding hydrogens is 393 g/mol. The predicted octanol–water partition coefficient (Wildman–Crippen LogP) is 1.53. The molecule has 2 aliphatic rings. The second-order valence-electron chi connectivity index (χ2n) is 7.35. The van der Waals surface area contributed by atoms with Crippen LogP contribution in [0.5, 0.6) is 0 Å².